The van der Waals surface area contributed by atoms with E-state index in [2.05, 4.69) is 22.4 Å². The van der Waals surface area contributed by atoms with Gasteiger partial charge in [0.15, 0.2) is 5.96 Å². The average Bonchev–Trinajstić information content (AvgIpc) is 2.56. The highest BCUT2D eigenvalue weighted by molar-refractivity contribution is 14.0. The number of guanidine groups is 1. The molecule has 0 atom stereocenters. The van der Waals surface area contributed by atoms with Crippen LogP contribution in [0.1, 0.15) is 24.8 Å². The van der Waals surface area contributed by atoms with Crippen molar-refractivity contribution in [2.24, 2.45) is 10.7 Å². The minimum absolute atomic E-state index is 0. The number of aliphatic imine (C=N–C) groups is 1. The summed E-state index contributed by atoms with van der Waals surface area (Å²) in [4.78, 5) is 4.57. The highest BCUT2D eigenvalue weighted by atomic mass is 127. The molecule has 4 nitrogen and oxygen atoms in total. The average molecular weight is 472 g/mol. The number of nitrogens with zero attached hydrogens (tertiary/aromatic N) is 1. The van der Waals surface area contributed by atoms with Crippen LogP contribution in [-0.2, 0) is 5.41 Å². The van der Waals surface area contributed by atoms with Gasteiger partial charge in [0.2, 0.25) is 0 Å². The van der Waals surface area contributed by atoms with Crippen molar-refractivity contribution in [3.63, 3.8) is 0 Å². The third-order valence-corrected chi connectivity index (χ3v) is 4.93. The van der Waals surface area contributed by atoms with Crippen LogP contribution in [0.25, 0.3) is 0 Å². The molecule has 25 heavy (non-hydrogen) atoms. The van der Waals surface area contributed by atoms with Crippen molar-refractivity contribution >= 4 is 47.2 Å². The van der Waals surface area contributed by atoms with Gasteiger partial charge in [0.25, 0.3) is 0 Å². The van der Waals surface area contributed by atoms with Crippen LogP contribution in [0.5, 0.6) is 5.75 Å². The summed E-state index contributed by atoms with van der Waals surface area (Å²) in [5.74, 6) is 1.24. The molecule has 0 saturated heterocycles. The third kappa shape index (κ3) is 4.79. The van der Waals surface area contributed by atoms with Crippen LogP contribution < -0.4 is 15.8 Å². The van der Waals surface area contributed by atoms with Gasteiger partial charge >= 0.3 is 0 Å². The van der Waals surface area contributed by atoms with E-state index >= 15 is 0 Å². The van der Waals surface area contributed by atoms with E-state index in [-0.39, 0.29) is 29.4 Å². The Morgan fingerprint density at radius 2 is 1.80 bits per heavy atom. The second kappa shape index (κ2) is 8.76. The van der Waals surface area contributed by atoms with Crippen molar-refractivity contribution in [2.45, 2.75) is 24.7 Å². The van der Waals surface area contributed by atoms with Crippen LogP contribution in [0.2, 0.25) is 5.02 Å². The highest BCUT2D eigenvalue weighted by Crippen LogP contribution is 2.44. The molecule has 134 valence electrons. The standard InChI is InChI=1S/C19H22ClN3O.HI/c1-24-17-9-7-16(8-10-17)23-18(21)22-13-19(11-2-12-19)14-3-5-15(20)6-4-14;/h3-10H,2,11-13H2,1H3,(H3,21,22,23);1H. The van der Waals surface area contributed by atoms with Crippen molar-refractivity contribution in [3.05, 3.63) is 59.1 Å². The second-order valence-electron chi connectivity index (χ2n) is 6.20. The molecule has 0 unspecified atom stereocenters. The van der Waals surface area contributed by atoms with E-state index in [1.807, 2.05) is 36.4 Å². The van der Waals surface area contributed by atoms with Gasteiger partial charge in [-0.1, -0.05) is 30.2 Å². The lowest BCUT2D eigenvalue weighted by Gasteiger charge is -2.41. The summed E-state index contributed by atoms with van der Waals surface area (Å²) in [6.07, 6.45) is 3.49. The number of ether oxygens (including phenoxy) is 1. The number of nitrogens with one attached hydrogen (secondary N) is 1. The summed E-state index contributed by atoms with van der Waals surface area (Å²) < 4.78 is 5.15. The predicted octanol–water partition coefficient (Wildman–Crippen LogP) is 4.82. The molecule has 0 spiro atoms. The van der Waals surface area contributed by atoms with Gasteiger partial charge in [0, 0.05) is 16.1 Å². The summed E-state index contributed by atoms with van der Waals surface area (Å²) >= 11 is 6.00. The largest absolute Gasteiger partial charge is 0.497 e. The van der Waals surface area contributed by atoms with Gasteiger partial charge in [-0.2, -0.15) is 0 Å². The molecule has 0 radical (unpaired) electrons. The fourth-order valence-electron chi connectivity index (χ4n) is 3.04. The van der Waals surface area contributed by atoms with E-state index < -0.39 is 0 Å². The summed E-state index contributed by atoms with van der Waals surface area (Å²) in [5.41, 5.74) is 8.33. The lowest BCUT2D eigenvalue weighted by atomic mass is 9.64. The van der Waals surface area contributed by atoms with Crippen LogP contribution in [0.15, 0.2) is 53.5 Å². The smallest absolute Gasteiger partial charge is 0.193 e. The molecule has 0 aromatic heterocycles. The van der Waals surface area contributed by atoms with E-state index in [4.69, 9.17) is 22.1 Å². The van der Waals surface area contributed by atoms with Gasteiger partial charge in [-0.25, -0.2) is 0 Å². The predicted molar refractivity (Wildman–Crippen MR) is 116 cm³/mol. The first-order valence-electron chi connectivity index (χ1n) is 8.08. The van der Waals surface area contributed by atoms with Crippen LogP contribution >= 0.6 is 35.6 Å². The maximum absolute atomic E-state index is 6.05. The SMILES string of the molecule is COc1ccc(NC(N)=NCC2(c3ccc(Cl)cc3)CCC2)cc1.I. The summed E-state index contributed by atoms with van der Waals surface area (Å²) in [6.45, 7) is 0.684. The van der Waals surface area contributed by atoms with Gasteiger partial charge in [-0.05, 0) is 54.8 Å². The number of methoxy groups -OCH3 is 1. The number of nitrogens with two attached hydrogens (primary N) is 1. The van der Waals surface area contributed by atoms with Crippen molar-refractivity contribution in [3.8, 4) is 5.75 Å². The fourth-order valence-corrected chi connectivity index (χ4v) is 3.17. The fraction of sp³-hybridized carbons (Fsp3) is 0.316. The van der Waals surface area contributed by atoms with Gasteiger partial charge in [-0.15, -0.1) is 24.0 Å². The summed E-state index contributed by atoms with van der Waals surface area (Å²) in [6, 6.07) is 15.7. The topological polar surface area (TPSA) is 59.6 Å². The molecule has 1 aliphatic carbocycles. The molecule has 0 heterocycles. The molecule has 6 heteroatoms. The number of anilines is 1. The van der Waals surface area contributed by atoms with E-state index in [1.54, 1.807) is 7.11 Å². The Morgan fingerprint density at radius 1 is 1.16 bits per heavy atom. The Labute approximate surface area is 170 Å². The maximum atomic E-state index is 6.05. The molecule has 1 saturated carbocycles. The van der Waals surface area contributed by atoms with Crippen molar-refractivity contribution in [1.29, 1.82) is 0 Å². The Kier molecular flexibility index (Phi) is 6.95. The Bertz CT molecular complexity index is 712. The highest BCUT2D eigenvalue weighted by Gasteiger charge is 2.38. The minimum atomic E-state index is 0. The van der Waals surface area contributed by atoms with E-state index in [9.17, 15) is 0 Å². The number of benzene rings is 2. The zero-order chi connectivity index (χ0) is 17.0. The number of halogens is 2. The lowest BCUT2D eigenvalue weighted by molar-refractivity contribution is 0.254. The van der Waals surface area contributed by atoms with Crippen molar-refractivity contribution in [2.75, 3.05) is 19.0 Å². The second-order valence-corrected chi connectivity index (χ2v) is 6.63. The molecule has 0 aliphatic heterocycles. The molecule has 3 rings (SSSR count). The summed E-state index contributed by atoms with van der Waals surface area (Å²) in [7, 11) is 1.65. The van der Waals surface area contributed by atoms with Crippen LogP contribution in [0, 0.1) is 0 Å². The van der Waals surface area contributed by atoms with Gasteiger partial charge in [0.1, 0.15) is 5.75 Å². The normalized spacial score (nSPS) is 15.7. The minimum Gasteiger partial charge on any atom is -0.497 e. The lowest BCUT2D eigenvalue weighted by Crippen LogP contribution is -2.38. The maximum Gasteiger partial charge on any atom is 0.193 e. The molecule has 1 fully saturated rings. The zero-order valence-corrected chi connectivity index (χ0v) is 17.3. The zero-order valence-electron chi connectivity index (χ0n) is 14.2. The van der Waals surface area contributed by atoms with Crippen molar-refractivity contribution in [1.82, 2.24) is 0 Å². The van der Waals surface area contributed by atoms with Crippen LogP contribution in [0.3, 0.4) is 0 Å². The molecule has 3 N–H and O–H groups in total. The van der Waals surface area contributed by atoms with Gasteiger partial charge in [-0.3, -0.25) is 4.99 Å². The van der Waals surface area contributed by atoms with E-state index in [0.717, 1.165) is 29.3 Å². The van der Waals surface area contributed by atoms with Gasteiger partial charge in [0.05, 0.1) is 13.7 Å². The molecule has 2 aromatic carbocycles. The summed E-state index contributed by atoms with van der Waals surface area (Å²) in [5, 5.41) is 3.89. The monoisotopic (exact) mass is 471 g/mol. The Hall–Kier alpha value is -1.47. The number of hydrogen-bond donors (Lipinski definition) is 2. The third-order valence-electron chi connectivity index (χ3n) is 4.68. The van der Waals surface area contributed by atoms with Gasteiger partial charge < -0.3 is 15.8 Å². The Morgan fingerprint density at radius 3 is 2.32 bits per heavy atom. The molecular weight excluding hydrogens is 449 g/mol. The molecule has 0 bridgehead atoms. The van der Waals surface area contributed by atoms with E-state index in [1.165, 1.54) is 12.0 Å². The molecular formula is C19H23ClIN3O. The molecule has 2 aromatic rings. The molecule has 0 amide bonds. The Balaban J connectivity index is 0.00000225. The van der Waals surface area contributed by atoms with E-state index in [0.29, 0.717) is 12.5 Å². The van der Waals surface area contributed by atoms with Crippen LogP contribution in [-0.4, -0.2) is 19.6 Å². The quantitative estimate of drug-likeness (QED) is 0.374. The molecule has 1 aliphatic rings. The number of hydrogen-bond acceptors (Lipinski definition) is 2. The number of rotatable bonds is 5. The first kappa shape index (κ1) is 19.8. The first-order valence-corrected chi connectivity index (χ1v) is 8.46. The van der Waals surface area contributed by atoms with Crippen LogP contribution in [0.4, 0.5) is 5.69 Å². The first-order chi connectivity index (χ1) is 11.6. The van der Waals surface area contributed by atoms with Crippen molar-refractivity contribution < 1.29 is 4.74 Å².